The molecule has 12 heteroatoms. The Balaban J connectivity index is 1.39. The third-order valence-corrected chi connectivity index (χ3v) is 6.72. The van der Waals surface area contributed by atoms with Crippen LogP contribution in [0.2, 0.25) is 0 Å². The van der Waals surface area contributed by atoms with Gasteiger partial charge in [0, 0.05) is 44.4 Å². The summed E-state index contributed by atoms with van der Waals surface area (Å²) in [5.74, 6) is -1.51. The van der Waals surface area contributed by atoms with Crippen molar-refractivity contribution >= 4 is 46.4 Å². The summed E-state index contributed by atoms with van der Waals surface area (Å²) >= 11 is 0.988. The summed E-state index contributed by atoms with van der Waals surface area (Å²) in [5, 5.41) is 30.3. The number of nitrogens with one attached hydrogen (secondary N) is 1. The highest BCUT2D eigenvalue weighted by Crippen LogP contribution is 2.30. The highest BCUT2D eigenvalue weighted by atomic mass is 32.2. The minimum absolute atomic E-state index is 0.0109. The van der Waals surface area contributed by atoms with Crippen molar-refractivity contribution in [3.05, 3.63) is 69.8 Å². The molecule has 2 aliphatic rings. The fourth-order valence-corrected chi connectivity index (χ4v) is 4.83. The lowest BCUT2D eigenvalue weighted by molar-refractivity contribution is -0.384. The van der Waals surface area contributed by atoms with Gasteiger partial charge in [-0.05, 0) is 11.6 Å². The van der Waals surface area contributed by atoms with Crippen molar-refractivity contribution in [3.63, 3.8) is 0 Å². The molecule has 182 valence electrons. The van der Waals surface area contributed by atoms with E-state index in [-0.39, 0.29) is 17.3 Å². The smallest absolute Gasteiger partial charge is 0.305 e. The van der Waals surface area contributed by atoms with E-state index < -0.39 is 22.0 Å². The molecule has 2 heterocycles. The van der Waals surface area contributed by atoms with Crippen LogP contribution in [0.1, 0.15) is 17.5 Å². The number of carboxylic acid groups (broad SMARTS) is 1. The predicted molar refractivity (Wildman–Crippen MR) is 134 cm³/mol. The van der Waals surface area contributed by atoms with E-state index in [0.717, 1.165) is 31.4 Å². The van der Waals surface area contributed by atoms with Crippen LogP contribution in [0.3, 0.4) is 0 Å². The molecule has 2 saturated heterocycles. The predicted octanol–water partition coefficient (Wildman–Crippen LogP) is 2.31. The van der Waals surface area contributed by atoms with Gasteiger partial charge in [-0.1, -0.05) is 48.2 Å². The lowest BCUT2D eigenvalue weighted by Crippen LogP contribution is -2.46. The van der Waals surface area contributed by atoms with Crippen LogP contribution in [0.4, 0.5) is 11.4 Å². The van der Waals surface area contributed by atoms with Gasteiger partial charge in [-0.15, -0.1) is 5.10 Å². The maximum absolute atomic E-state index is 11.8. The van der Waals surface area contributed by atoms with Gasteiger partial charge in [-0.3, -0.25) is 24.6 Å². The zero-order chi connectivity index (χ0) is 24.8. The monoisotopic (exact) mass is 496 g/mol. The molecule has 2 aromatic carbocycles. The number of hydrogen-bond donors (Lipinski definition) is 2. The van der Waals surface area contributed by atoms with E-state index in [1.165, 1.54) is 17.8 Å². The van der Waals surface area contributed by atoms with Crippen LogP contribution in [0, 0.1) is 10.1 Å². The SMILES string of the molecule is O=C(O)CC1SC(=NN=Cc2ccc(N3CCN(Cc4ccccc4)CC3)c([N+](=O)[O-])c2)NC1=O. The number of rotatable bonds is 8. The van der Waals surface area contributed by atoms with Gasteiger partial charge in [0.2, 0.25) is 5.91 Å². The molecule has 0 saturated carbocycles. The van der Waals surface area contributed by atoms with Gasteiger partial charge in [0.25, 0.3) is 5.69 Å². The molecule has 0 bridgehead atoms. The number of piperazine rings is 1. The molecule has 0 aliphatic carbocycles. The van der Waals surface area contributed by atoms with Crippen LogP contribution >= 0.6 is 11.8 Å². The van der Waals surface area contributed by atoms with Gasteiger partial charge in [0.05, 0.1) is 17.6 Å². The van der Waals surface area contributed by atoms with Crippen LogP contribution in [0.25, 0.3) is 0 Å². The van der Waals surface area contributed by atoms with Crippen LogP contribution in [-0.2, 0) is 16.1 Å². The molecule has 2 aromatic rings. The zero-order valence-electron chi connectivity index (χ0n) is 18.7. The number of hydrogen-bond acceptors (Lipinski definition) is 9. The van der Waals surface area contributed by atoms with Crippen molar-refractivity contribution in [1.29, 1.82) is 0 Å². The Morgan fingerprint density at radius 2 is 1.94 bits per heavy atom. The number of carboxylic acids is 1. The number of thioether (sulfide) groups is 1. The van der Waals surface area contributed by atoms with Gasteiger partial charge in [0.15, 0.2) is 5.17 Å². The first kappa shape index (κ1) is 24.4. The largest absolute Gasteiger partial charge is 0.481 e. The minimum Gasteiger partial charge on any atom is -0.481 e. The Labute approximate surface area is 205 Å². The number of amidine groups is 1. The molecule has 0 radical (unpaired) electrons. The molecule has 35 heavy (non-hydrogen) atoms. The molecule has 1 amide bonds. The second kappa shape index (κ2) is 11.1. The number of nitrogens with zero attached hydrogens (tertiary/aromatic N) is 5. The number of nitro benzene ring substituents is 1. The van der Waals surface area contributed by atoms with Crippen molar-refractivity contribution in [1.82, 2.24) is 10.2 Å². The van der Waals surface area contributed by atoms with E-state index in [1.54, 1.807) is 12.1 Å². The van der Waals surface area contributed by atoms with Gasteiger partial charge in [0.1, 0.15) is 10.9 Å². The molecule has 2 fully saturated rings. The first-order chi connectivity index (χ1) is 16.9. The van der Waals surface area contributed by atoms with Crippen molar-refractivity contribution < 1.29 is 19.6 Å². The molecule has 1 unspecified atom stereocenters. The summed E-state index contributed by atoms with van der Waals surface area (Å²) in [5.41, 5.74) is 2.28. The summed E-state index contributed by atoms with van der Waals surface area (Å²) < 4.78 is 0. The Morgan fingerprint density at radius 1 is 1.20 bits per heavy atom. The lowest BCUT2D eigenvalue weighted by Gasteiger charge is -2.35. The topological polar surface area (TPSA) is 141 Å². The number of amides is 1. The van der Waals surface area contributed by atoms with Crippen LogP contribution in [0.15, 0.2) is 58.7 Å². The van der Waals surface area contributed by atoms with E-state index >= 15 is 0 Å². The van der Waals surface area contributed by atoms with E-state index in [1.807, 2.05) is 23.1 Å². The molecule has 11 nitrogen and oxygen atoms in total. The molecule has 2 aliphatic heterocycles. The Hall–Kier alpha value is -3.77. The van der Waals surface area contributed by atoms with Crippen molar-refractivity contribution in [2.24, 2.45) is 10.2 Å². The number of carbonyl (C=O) groups excluding carboxylic acids is 1. The third-order valence-electron chi connectivity index (χ3n) is 5.65. The Bertz CT molecular complexity index is 1160. The first-order valence-electron chi connectivity index (χ1n) is 11.0. The lowest BCUT2D eigenvalue weighted by atomic mass is 10.1. The van der Waals surface area contributed by atoms with Gasteiger partial charge in [-0.25, -0.2) is 0 Å². The van der Waals surface area contributed by atoms with Gasteiger partial charge < -0.3 is 15.3 Å². The normalized spacial score (nSPS) is 19.9. The van der Waals surface area contributed by atoms with Crippen molar-refractivity contribution in [3.8, 4) is 0 Å². The fourth-order valence-electron chi connectivity index (χ4n) is 3.92. The van der Waals surface area contributed by atoms with Crippen LogP contribution in [-0.4, -0.2) is 69.6 Å². The van der Waals surface area contributed by atoms with E-state index in [0.29, 0.717) is 24.3 Å². The number of nitro groups is 1. The highest BCUT2D eigenvalue weighted by Gasteiger charge is 2.32. The van der Waals surface area contributed by atoms with E-state index in [9.17, 15) is 19.7 Å². The Morgan fingerprint density at radius 3 is 2.63 bits per heavy atom. The second-order valence-corrected chi connectivity index (χ2v) is 9.29. The van der Waals surface area contributed by atoms with Crippen LogP contribution in [0.5, 0.6) is 0 Å². The molecule has 1 atom stereocenters. The van der Waals surface area contributed by atoms with E-state index in [2.05, 4.69) is 32.6 Å². The summed E-state index contributed by atoms with van der Waals surface area (Å²) in [6.07, 6.45) is 1.05. The average Bonchev–Trinajstić information content (AvgIpc) is 3.18. The highest BCUT2D eigenvalue weighted by molar-refractivity contribution is 8.15. The maximum atomic E-state index is 11.8. The number of anilines is 1. The zero-order valence-corrected chi connectivity index (χ0v) is 19.6. The molecule has 4 rings (SSSR count). The molecule has 0 spiro atoms. The van der Waals surface area contributed by atoms with Gasteiger partial charge >= 0.3 is 5.97 Å². The Kier molecular flexibility index (Phi) is 7.73. The fraction of sp³-hybridized carbons (Fsp3) is 0.304. The molecule has 0 aromatic heterocycles. The standard InChI is InChI=1S/C23H24N6O5S/c30-21(31)13-20-22(32)25-23(35-20)26-24-14-17-6-7-18(19(12-17)29(33)34)28-10-8-27(9-11-28)15-16-4-2-1-3-5-16/h1-7,12,14,20H,8-11,13,15H2,(H,30,31)(H,25,26,32). The molecular weight excluding hydrogens is 472 g/mol. The van der Waals surface area contributed by atoms with Crippen LogP contribution < -0.4 is 10.2 Å². The number of aliphatic carboxylic acids is 1. The summed E-state index contributed by atoms with van der Waals surface area (Å²) in [6.45, 7) is 3.83. The van der Waals surface area contributed by atoms with E-state index in [4.69, 9.17) is 5.11 Å². The summed E-state index contributed by atoms with van der Waals surface area (Å²) in [6, 6.07) is 15.1. The second-order valence-electron chi connectivity index (χ2n) is 8.10. The first-order valence-corrected chi connectivity index (χ1v) is 11.9. The van der Waals surface area contributed by atoms with Gasteiger partial charge in [-0.2, -0.15) is 5.10 Å². The summed E-state index contributed by atoms with van der Waals surface area (Å²) in [7, 11) is 0. The minimum atomic E-state index is -1.08. The molecular formula is C23H24N6O5S. The quantitative estimate of drug-likeness (QED) is 0.322. The third kappa shape index (κ3) is 6.43. The number of benzene rings is 2. The maximum Gasteiger partial charge on any atom is 0.305 e. The van der Waals surface area contributed by atoms with Crippen molar-refractivity contribution in [2.45, 2.75) is 18.2 Å². The summed E-state index contributed by atoms with van der Waals surface area (Å²) in [4.78, 5) is 38.3. The number of carbonyl (C=O) groups is 2. The molecule has 2 N–H and O–H groups in total. The van der Waals surface area contributed by atoms with Crippen molar-refractivity contribution in [2.75, 3.05) is 31.1 Å². The average molecular weight is 497 g/mol.